The minimum Gasteiger partial charge on any atom is -0.361 e. The Kier molecular flexibility index (Phi) is 5.22. The summed E-state index contributed by atoms with van der Waals surface area (Å²) in [6.45, 7) is 4.17. The fourth-order valence-corrected chi connectivity index (χ4v) is 3.24. The molecule has 0 aliphatic carbocycles. The normalized spacial score (nSPS) is 20.0. The Bertz CT molecular complexity index is 567. The molecule has 4 nitrogen and oxygen atoms in total. The number of pyridine rings is 1. The average molecular weight is 299 g/mol. The average Bonchev–Trinajstić information content (AvgIpc) is 2.88. The summed E-state index contributed by atoms with van der Waals surface area (Å²) in [7, 11) is 0. The number of aromatic nitrogens is 2. The quantitative estimate of drug-likeness (QED) is 0.832. The highest BCUT2D eigenvalue weighted by Gasteiger charge is 2.25. The Morgan fingerprint density at radius 3 is 3.05 bits per heavy atom. The van der Waals surface area contributed by atoms with Crippen molar-refractivity contribution in [1.82, 2.24) is 15.0 Å². The minimum absolute atomic E-state index is 0.360. The minimum atomic E-state index is 0.360. The Labute approximate surface area is 132 Å². The molecule has 0 radical (unpaired) electrons. The monoisotopic (exact) mass is 299 g/mol. The van der Waals surface area contributed by atoms with E-state index >= 15 is 0 Å². The molecule has 118 valence electrons. The first kappa shape index (κ1) is 15.2. The summed E-state index contributed by atoms with van der Waals surface area (Å²) in [6, 6.07) is 8.65. The zero-order valence-electron chi connectivity index (χ0n) is 13.4. The number of hydrogen-bond acceptors (Lipinski definition) is 4. The van der Waals surface area contributed by atoms with Crippen LogP contribution in [0.3, 0.4) is 0 Å². The van der Waals surface area contributed by atoms with Crippen LogP contribution < -0.4 is 0 Å². The van der Waals surface area contributed by atoms with E-state index in [0.717, 1.165) is 49.5 Å². The van der Waals surface area contributed by atoms with Crippen LogP contribution in [-0.2, 0) is 13.0 Å². The van der Waals surface area contributed by atoms with Crippen LogP contribution in [-0.4, -0.2) is 21.6 Å². The first-order valence-electron chi connectivity index (χ1n) is 8.46. The van der Waals surface area contributed by atoms with Crippen LogP contribution in [0.15, 0.2) is 35.0 Å². The van der Waals surface area contributed by atoms with Crippen LogP contribution in [0.4, 0.5) is 0 Å². The van der Waals surface area contributed by atoms with E-state index in [1.54, 1.807) is 0 Å². The topological polar surface area (TPSA) is 42.2 Å². The van der Waals surface area contributed by atoms with Gasteiger partial charge in [-0.05, 0) is 37.9 Å². The van der Waals surface area contributed by atoms with Crippen molar-refractivity contribution in [2.45, 2.75) is 58.0 Å². The highest BCUT2D eigenvalue weighted by Crippen LogP contribution is 2.31. The fourth-order valence-electron chi connectivity index (χ4n) is 3.24. The second-order valence-corrected chi connectivity index (χ2v) is 6.12. The zero-order valence-corrected chi connectivity index (χ0v) is 13.4. The van der Waals surface area contributed by atoms with E-state index in [-0.39, 0.29) is 0 Å². The lowest BCUT2D eigenvalue weighted by Gasteiger charge is -2.27. The maximum Gasteiger partial charge on any atom is 0.137 e. The summed E-state index contributed by atoms with van der Waals surface area (Å²) in [5.41, 5.74) is 2.23. The van der Waals surface area contributed by atoms with Gasteiger partial charge in [0.05, 0.1) is 11.7 Å². The molecule has 0 saturated carbocycles. The predicted octanol–water partition coefficient (Wildman–Crippen LogP) is 4.14. The third-order valence-electron chi connectivity index (χ3n) is 4.37. The van der Waals surface area contributed by atoms with Gasteiger partial charge in [0.25, 0.3) is 0 Å². The van der Waals surface area contributed by atoms with Crippen molar-refractivity contribution in [1.29, 1.82) is 0 Å². The summed E-state index contributed by atoms with van der Waals surface area (Å²) in [4.78, 5) is 7.00. The number of hydrogen-bond donors (Lipinski definition) is 0. The molecular formula is C18H25N3O. The molecule has 2 aromatic heterocycles. The van der Waals surface area contributed by atoms with Crippen LogP contribution in [0.2, 0.25) is 0 Å². The van der Waals surface area contributed by atoms with Crippen LogP contribution in [0.5, 0.6) is 0 Å². The van der Waals surface area contributed by atoms with Crippen LogP contribution >= 0.6 is 0 Å². The highest BCUT2D eigenvalue weighted by atomic mass is 16.5. The lowest BCUT2D eigenvalue weighted by Crippen LogP contribution is -2.28. The van der Waals surface area contributed by atoms with Gasteiger partial charge in [0.15, 0.2) is 0 Å². The van der Waals surface area contributed by atoms with E-state index in [9.17, 15) is 0 Å². The van der Waals surface area contributed by atoms with Crippen LogP contribution in [0.25, 0.3) is 0 Å². The number of aryl methyl sites for hydroxylation is 1. The third kappa shape index (κ3) is 3.74. The van der Waals surface area contributed by atoms with E-state index in [1.807, 2.05) is 12.3 Å². The van der Waals surface area contributed by atoms with Crippen molar-refractivity contribution in [3.63, 3.8) is 0 Å². The molecule has 0 unspecified atom stereocenters. The molecule has 1 aliphatic rings. The number of nitrogens with zero attached hydrogens (tertiary/aromatic N) is 3. The van der Waals surface area contributed by atoms with Crippen molar-refractivity contribution >= 4 is 0 Å². The van der Waals surface area contributed by atoms with Crippen molar-refractivity contribution in [3.8, 4) is 0 Å². The highest BCUT2D eigenvalue weighted by molar-refractivity contribution is 5.12. The SMILES string of the molecule is CCCc1cc([C@@H]2CCCCCN2Cc2ccccn2)no1. The summed E-state index contributed by atoms with van der Waals surface area (Å²) in [5.74, 6) is 1.01. The van der Waals surface area contributed by atoms with Gasteiger partial charge in [0.1, 0.15) is 11.5 Å². The van der Waals surface area contributed by atoms with Gasteiger partial charge in [-0.2, -0.15) is 0 Å². The van der Waals surface area contributed by atoms with E-state index in [0.29, 0.717) is 6.04 Å². The predicted molar refractivity (Wildman–Crippen MR) is 86.4 cm³/mol. The van der Waals surface area contributed by atoms with Crippen LogP contribution in [0, 0.1) is 0 Å². The van der Waals surface area contributed by atoms with Gasteiger partial charge in [-0.1, -0.05) is 31.0 Å². The summed E-state index contributed by atoms with van der Waals surface area (Å²) in [6.07, 6.45) is 8.91. The lowest BCUT2D eigenvalue weighted by atomic mass is 10.1. The number of likely N-dealkylation sites (tertiary alicyclic amines) is 1. The smallest absolute Gasteiger partial charge is 0.137 e. The van der Waals surface area contributed by atoms with E-state index < -0.39 is 0 Å². The Morgan fingerprint density at radius 1 is 1.27 bits per heavy atom. The van der Waals surface area contributed by atoms with Crippen molar-refractivity contribution in [3.05, 3.63) is 47.6 Å². The maximum atomic E-state index is 5.51. The van der Waals surface area contributed by atoms with E-state index in [4.69, 9.17) is 4.52 Å². The standard InChI is InChI=1S/C18H25N3O/c1-2-8-16-13-17(20-22-16)18-10-4-3-7-12-21(18)14-15-9-5-6-11-19-15/h5-6,9,11,13,18H,2-4,7-8,10,12,14H2,1H3/t18-/m0/s1. The molecule has 4 heteroatoms. The maximum absolute atomic E-state index is 5.51. The Balaban J connectivity index is 1.77. The molecule has 3 rings (SSSR count). The molecule has 22 heavy (non-hydrogen) atoms. The molecule has 1 fully saturated rings. The van der Waals surface area contributed by atoms with Crippen molar-refractivity contribution < 1.29 is 4.52 Å². The molecule has 1 atom stereocenters. The molecule has 3 heterocycles. The molecule has 0 aromatic carbocycles. The van der Waals surface area contributed by atoms with E-state index in [2.05, 4.69) is 40.2 Å². The number of rotatable bonds is 5. The molecule has 1 aliphatic heterocycles. The molecule has 2 aromatic rings. The van der Waals surface area contributed by atoms with E-state index in [1.165, 1.54) is 19.3 Å². The molecular weight excluding hydrogens is 274 g/mol. The summed E-state index contributed by atoms with van der Waals surface area (Å²) in [5, 5.41) is 4.35. The Hall–Kier alpha value is -1.68. The van der Waals surface area contributed by atoms with Crippen molar-refractivity contribution in [2.75, 3.05) is 6.54 Å². The first-order chi connectivity index (χ1) is 10.9. The van der Waals surface area contributed by atoms with Gasteiger partial charge in [-0.15, -0.1) is 0 Å². The van der Waals surface area contributed by atoms with Gasteiger partial charge < -0.3 is 4.52 Å². The molecule has 0 N–H and O–H groups in total. The zero-order chi connectivity index (χ0) is 15.2. The molecule has 0 amide bonds. The second-order valence-electron chi connectivity index (χ2n) is 6.12. The largest absolute Gasteiger partial charge is 0.361 e. The lowest BCUT2D eigenvalue weighted by molar-refractivity contribution is 0.181. The Morgan fingerprint density at radius 2 is 2.23 bits per heavy atom. The second kappa shape index (κ2) is 7.54. The summed E-state index contributed by atoms with van der Waals surface area (Å²) < 4.78 is 5.51. The summed E-state index contributed by atoms with van der Waals surface area (Å²) >= 11 is 0. The third-order valence-corrected chi connectivity index (χ3v) is 4.37. The van der Waals surface area contributed by atoms with Gasteiger partial charge in [0, 0.05) is 25.2 Å². The van der Waals surface area contributed by atoms with Crippen LogP contribution in [0.1, 0.15) is 62.2 Å². The molecule has 0 bridgehead atoms. The first-order valence-corrected chi connectivity index (χ1v) is 8.46. The fraction of sp³-hybridized carbons (Fsp3) is 0.556. The van der Waals surface area contributed by atoms with Gasteiger partial charge >= 0.3 is 0 Å². The van der Waals surface area contributed by atoms with Gasteiger partial charge in [-0.25, -0.2) is 0 Å². The molecule has 0 spiro atoms. The van der Waals surface area contributed by atoms with Gasteiger partial charge in [0.2, 0.25) is 0 Å². The molecule has 1 saturated heterocycles. The van der Waals surface area contributed by atoms with Gasteiger partial charge in [-0.3, -0.25) is 9.88 Å². The van der Waals surface area contributed by atoms with Crippen molar-refractivity contribution in [2.24, 2.45) is 0 Å².